The molecule has 4 nitrogen and oxygen atoms in total. The second-order valence-electron chi connectivity index (χ2n) is 4.33. The van der Waals surface area contributed by atoms with Crippen LogP contribution in [0.5, 0.6) is 0 Å². The van der Waals surface area contributed by atoms with Gasteiger partial charge in [0.05, 0.1) is 5.75 Å². The summed E-state index contributed by atoms with van der Waals surface area (Å²) in [6.45, 7) is 5.11. The topological polar surface area (TPSA) is 63.2 Å². The highest BCUT2D eigenvalue weighted by Gasteiger charge is 2.44. The van der Waals surface area contributed by atoms with Crippen LogP contribution in [0.1, 0.15) is 33.6 Å². The lowest BCUT2D eigenvalue weighted by Crippen LogP contribution is -2.42. The minimum absolute atomic E-state index is 0.0561. The number of carbonyl (C=O) groups is 1. The van der Waals surface area contributed by atoms with Crippen LogP contribution in [0.15, 0.2) is 0 Å². The molecule has 0 aromatic carbocycles. The van der Waals surface area contributed by atoms with Crippen LogP contribution in [0.3, 0.4) is 0 Å². The quantitative estimate of drug-likeness (QED) is 0.763. The van der Waals surface area contributed by atoms with Crippen molar-refractivity contribution in [2.24, 2.45) is 11.3 Å². The maximum absolute atomic E-state index is 11.6. The van der Waals surface area contributed by atoms with Gasteiger partial charge < -0.3 is 0 Å². The normalized spacial score (nSPS) is 17.9. The summed E-state index contributed by atoms with van der Waals surface area (Å²) in [4.78, 5) is 11.6. The van der Waals surface area contributed by atoms with Gasteiger partial charge in [0.25, 0.3) is 0 Å². The summed E-state index contributed by atoms with van der Waals surface area (Å²) in [5.74, 6) is -0.0872. The molecule has 0 spiro atoms. The summed E-state index contributed by atoms with van der Waals surface area (Å²) in [6.07, 6.45) is 2.04. The maximum atomic E-state index is 11.6. The molecule has 0 unspecified atom stereocenters. The van der Waals surface area contributed by atoms with E-state index in [1.165, 1.54) is 6.92 Å². The minimum atomic E-state index is -3.41. The largest absolute Gasteiger partial charge is 0.273 e. The van der Waals surface area contributed by atoms with Crippen molar-refractivity contribution in [1.82, 2.24) is 4.72 Å². The molecule has 14 heavy (non-hydrogen) atoms. The predicted octanol–water partition coefficient (Wildman–Crippen LogP) is 0.888. The summed E-state index contributed by atoms with van der Waals surface area (Å²) in [7, 11) is -3.41. The Morgan fingerprint density at radius 2 is 1.93 bits per heavy atom. The molecule has 1 amide bonds. The lowest BCUT2D eigenvalue weighted by Gasteiger charge is -2.22. The van der Waals surface area contributed by atoms with Crippen molar-refractivity contribution in [3.05, 3.63) is 0 Å². The van der Waals surface area contributed by atoms with Gasteiger partial charge in [-0.25, -0.2) is 8.42 Å². The van der Waals surface area contributed by atoms with Gasteiger partial charge in [-0.2, -0.15) is 0 Å². The average Bonchev–Trinajstić information content (AvgIpc) is 2.85. The van der Waals surface area contributed by atoms with Gasteiger partial charge in [-0.05, 0) is 25.7 Å². The molecule has 0 saturated heterocycles. The van der Waals surface area contributed by atoms with Crippen LogP contribution in [0.25, 0.3) is 0 Å². The van der Waals surface area contributed by atoms with Crippen molar-refractivity contribution in [2.75, 3.05) is 5.75 Å². The van der Waals surface area contributed by atoms with Gasteiger partial charge in [0.15, 0.2) is 0 Å². The Morgan fingerprint density at radius 3 is 2.29 bits per heavy atom. The third-order valence-corrected chi connectivity index (χ3v) is 4.07. The van der Waals surface area contributed by atoms with Crippen molar-refractivity contribution in [3.8, 4) is 0 Å². The Balaban J connectivity index is 2.66. The zero-order valence-electron chi connectivity index (χ0n) is 8.83. The highest BCUT2D eigenvalue weighted by atomic mass is 32.2. The highest BCUT2D eigenvalue weighted by molar-refractivity contribution is 7.90. The summed E-state index contributed by atoms with van der Waals surface area (Å²) in [5, 5.41) is 0. The van der Waals surface area contributed by atoms with E-state index in [2.05, 4.69) is 4.72 Å². The van der Waals surface area contributed by atoms with Gasteiger partial charge in [0.1, 0.15) is 0 Å². The van der Waals surface area contributed by atoms with E-state index in [0.29, 0.717) is 5.92 Å². The zero-order valence-corrected chi connectivity index (χ0v) is 9.65. The third kappa shape index (κ3) is 2.47. The first kappa shape index (κ1) is 11.5. The number of rotatable bonds is 4. The van der Waals surface area contributed by atoms with Crippen LogP contribution in [0.4, 0.5) is 0 Å². The van der Waals surface area contributed by atoms with E-state index in [1.807, 2.05) is 0 Å². The molecular formula is C9H17NO3S. The summed E-state index contributed by atoms with van der Waals surface area (Å²) < 4.78 is 24.4. The van der Waals surface area contributed by atoms with Gasteiger partial charge in [-0.3, -0.25) is 9.52 Å². The Labute approximate surface area is 85.1 Å². The molecule has 1 aliphatic rings. The second-order valence-corrected chi connectivity index (χ2v) is 6.34. The molecule has 0 bridgehead atoms. The molecule has 0 aromatic rings. The second kappa shape index (κ2) is 3.53. The fraction of sp³-hybridized carbons (Fsp3) is 0.889. The first-order valence-electron chi connectivity index (χ1n) is 4.84. The molecule has 0 aliphatic heterocycles. The Kier molecular flexibility index (Phi) is 2.90. The number of amides is 1. The van der Waals surface area contributed by atoms with Crippen molar-refractivity contribution in [2.45, 2.75) is 33.6 Å². The molecule has 0 radical (unpaired) electrons. The molecule has 0 aromatic heterocycles. The molecule has 1 rings (SSSR count). The first-order valence-corrected chi connectivity index (χ1v) is 6.49. The third-order valence-electron chi connectivity index (χ3n) is 2.81. The van der Waals surface area contributed by atoms with Gasteiger partial charge in [0.2, 0.25) is 15.9 Å². The van der Waals surface area contributed by atoms with E-state index < -0.39 is 15.4 Å². The van der Waals surface area contributed by atoms with E-state index >= 15 is 0 Å². The Hall–Kier alpha value is -0.580. The maximum Gasteiger partial charge on any atom is 0.239 e. The van der Waals surface area contributed by atoms with Crippen molar-refractivity contribution in [3.63, 3.8) is 0 Å². The molecule has 1 aliphatic carbocycles. The fourth-order valence-electron chi connectivity index (χ4n) is 1.34. The lowest BCUT2D eigenvalue weighted by molar-refractivity contribution is -0.128. The minimum Gasteiger partial charge on any atom is -0.273 e. The molecule has 5 heteroatoms. The molecular weight excluding hydrogens is 202 g/mol. The number of nitrogens with one attached hydrogen (secondary N) is 1. The van der Waals surface area contributed by atoms with Crippen molar-refractivity contribution >= 4 is 15.9 Å². The first-order chi connectivity index (χ1) is 6.29. The lowest BCUT2D eigenvalue weighted by atomic mass is 9.87. The van der Waals surface area contributed by atoms with E-state index in [9.17, 15) is 13.2 Å². The smallest absolute Gasteiger partial charge is 0.239 e. The van der Waals surface area contributed by atoms with Crippen molar-refractivity contribution < 1.29 is 13.2 Å². The van der Waals surface area contributed by atoms with Crippen molar-refractivity contribution in [1.29, 1.82) is 0 Å². The highest BCUT2D eigenvalue weighted by Crippen LogP contribution is 2.45. The van der Waals surface area contributed by atoms with Gasteiger partial charge in [0, 0.05) is 5.41 Å². The van der Waals surface area contributed by atoms with Crippen LogP contribution in [0, 0.1) is 11.3 Å². The summed E-state index contributed by atoms with van der Waals surface area (Å²) in [6, 6.07) is 0. The molecule has 82 valence electrons. The van der Waals surface area contributed by atoms with Gasteiger partial charge in [-0.1, -0.05) is 13.8 Å². The van der Waals surface area contributed by atoms with Crippen LogP contribution >= 0.6 is 0 Å². The number of hydrogen-bond acceptors (Lipinski definition) is 3. The number of carbonyl (C=O) groups excluding carboxylic acids is 1. The monoisotopic (exact) mass is 219 g/mol. The Morgan fingerprint density at radius 1 is 1.43 bits per heavy atom. The molecule has 1 saturated carbocycles. The molecule has 1 N–H and O–H groups in total. The average molecular weight is 219 g/mol. The van der Waals surface area contributed by atoms with Crippen LogP contribution < -0.4 is 4.72 Å². The summed E-state index contributed by atoms with van der Waals surface area (Å²) in [5.41, 5.74) is -0.553. The zero-order chi connectivity index (χ0) is 11.0. The molecule has 0 atom stereocenters. The molecule has 0 heterocycles. The van der Waals surface area contributed by atoms with Gasteiger partial charge >= 0.3 is 0 Å². The van der Waals surface area contributed by atoms with Crippen LogP contribution in [-0.4, -0.2) is 20.1 Å². The van der Waals surface area contributed by atoms with Crippen LogP contribution in [-0.2, 0) is 14.8 Å². The Bertz CT molecular complexity index is 328. The summed E-state index contributed by atoms with van der Waals surface area (Å²) >= 11 is 0. The van der Waals surface area contributed by atoms with E-state index in [4.69, 9.17) is 0 Å². The van der Waals surface area contributed by atoms with Gasteiger partial charge in [-0.15, -0.1) is 0 Å². The standard InChI is InChI=1S/C9H17NO3S/c1-4-14(12,13)10-8(11)9(2,3)7-5-6-7/h7H,4-6H2,1-3H3,(H,10,11). The van der Waals surface area contributed by atoms with E-state index in [1.54, 1.807) is 13.8 Å². The number of hydrogen-bond donors (Lipinski definition) is 1. The number of sulfonamides is 1. The fourth-order valence-corrected chi connectivity index (χ4v) is 2.03. The van der Waals surface area contributed by atoms with E-state index in [-0.39, 0.29) is 11.7 Å². The van der Waals surface area contributed by atoms with E-state index in [0.717, 1.165) is 12.8 Å². The SMILES string of the molecule is CCS(=O)(=O)NC(=O)C(C)(C)C1CC1. The molecule has 1 fully saturated rings. The van der Waals surface area contributed by atoms with Crippen LogP contribution in [0.2, 0.25) is 0 Å². The predicted molar refractivity (Wildman–Crippen MR) is 54.1 cm³/mol.